The Hall–Kier alpha value is -2.33. The number of aromatic amines is 1. The number of aromatic nitrogens is 2. The third-order valence-electron chi connectivity index (χ3n) is 3.97. The second-order valence-electron chi connectivity index (χ2n) is 5.69. The zero-order chi connectivity index (χ0) is 16.2. The van der Waals surface area contributed by atoms with Crippen molar-refractivity contribution in [2.45, 2.75) is 26.2 Å². The number of nitrogens with one attached hydrogen (secondary N) is 1. The molecule has 4 heteroatoms. The van der Waals surface area contributed by atoms with E-state index in [4.69, 9.17) is 12.2 Å². The lowest BCUT2D eigenvalue weighted by Gasteiger charge is -2.08. The van der Waals surface area contributed by atoms with Crippen molar-refractivity contribution in [1.29, 1.82) is 0 Å². The first kappa shape index (κ1) is 15.6. The highest BCUT2D eigenvalue weighted by Crippen LogP contribution is 2.20. The molecule has 0 saturated heterocycles. The summed E-state index contributed by atoms with van der Waals surface area (Å²) in [6, 6.07) is 14.4. The van der Waals surface area contributed by atoms with Crippen LogP contribution in [0.2, 0.25) is 0 Å². The molecular weight excluding hydrogens is 304 g/mol. The standard InChI is InChI=1S/C19H18N2OS/c1-13-10-16-17(21-19(12-22)20-16)11-15(13)18(23)9-5-8-14-6-3-2-4-7-14/h2-4,6-7,10-12H,5,8-9H2,1H3,(H,20,21). The Kier molecular flexibility index (Phi) is 4.63. The molecule has 23 heavy (non-hydrogen) atoms. The van der Waals surface area contributed by atoms with Crippen molar-refractivity contribution in [3.05, 3.63) is 65.0 Å². The number of thiocarbonyl (C=S) groups is 1. The van der Waals surface area contributed by atoms with Gasteiger partial charge in [-0.25, -0.2) is 4.98 Å². The fourth-order valence-corrected chi connectivity index (χ4v) is 3.14. The Labute approximate surface area is 140 Å². The second kappa shape index (κ2) is 6.84. The van der Waals surface area contributed by atoms with Gasteiger partial charge in [0.05, 0.1) is 11.0 Å². The first-order valence-corrected chi connectivity index (χ1v) is 8.11. The average Bonchev–Trinajstić information content (AvgIpc) is 2.97. The van der Waals surface area contributed by atoms with Gasteiger partial charge in [0.1, 0.15) is 0 Å². The van der Waals surface area contributed by atoms with E-state index in [0.29, 0.717) is 5.82 Å². The van der Waals surface area contributed by atoms with Crippen LogP contribution in [0.15, 0.2) is 42.5 Å². The molecule has 0 aliphatic heterocycles. The molecule has 0 saturated carbocycles. The number of carbonyl (C=O) groups is 1. The zero-order valence-electron chi connectivity index (χ0n) is 13.0. The van der Waals surface area contributed by atoms with E-state index in [1.807, 2.05) is 25.1 Å². The quantitative estimate of drug-likeness (QED) is 0.415. The monoisotopic (exact) mass is 322 g/mol. The maximum atomic E-state index is 10.8. The van der Waals surface area contributed by atoms with Gasteiger partial charge in [-0.15, -0.1) is 0 Å². The van der Waals surface area contributed by atoms with Crippen molar-refractivity contribution in [2.24, 2.45) is 0 Å². The highest BCUT2D eigenvalue weighted by molar-refractivity contribution is 7.80. The van der Waals surface area contributed by atoms with Gasteiger partial charge >= 0.3 is 0 Å². The van der Waals surface area contributed by atoms with E-state index >= 15 is 0 Å². The van der Waals surface area contributed by atoms with E-state index in [1.54, 1.807) is 0 Å². The maximum absolute atomic E-state index is 10.8. The summed E-state index contributed by atoms with van der Waals surface area (Å²) in [5, 5.41) is 0. The first-order valence-electron chi connectivity index (χ1n) is 7.70. The average molecular weight is 322 g/mol. The molecule has 0 radical (unpaired) electrons. The number of H-pyrrole nitrogens is 1. The van der Waals surface area contributed by atoms with Crippen LogP contribution in [-0.4, -0.2) is 21.1 Å². The van der Waals surface area contributed by atoms with E-state index in [9.17, 15) is 4.79 Å². The van der Waals surface area contributed by atoms with Gasteiger partial charge in [0.25, 0.3) is 0 Å². The topological polar surface area (TPSA) is 45.8 Å². The summed E-state index contributed by atoms with van der Waals surface area (Å²) in [6.07, 6.45) is 3.66. The molecule has 0 aliphatic rings. The molecule has 0 unspecified atom stereocenters. The molecule has 3 nitrogen and oxygen atoms in total. The molecule has 0 bridgehead atoms. The molecule has 0 atom stereocenters. The van der Waals surface area contributed by atoms with Gasteiger partial charge in [-0.05, 0) is 55.0 Å². The number of aryl methyl sites for hydroxylation is 2. The minimum Gasteiger partial charge on any atom is -0.336 e. The van der Waals surface area contributed by atoms with Gasteiger partial charge in [0.15, 0.2) is 12.1 Å². The SMILES string of the molecule is Cc1cc2[nH]c(C=O)nc2cc1C(=S)CCCc1ccccc1. The van der Waals surface area contributed by atoms with E-state index in [2.05, 4.69) is 34.2 Å². The number of aldehydes is 1. The van der Waals surface area contributed by atoms with Crippen molar-refractivity contribution in [3.63, 3.8) is 0 Å². The summed E-state index contributed by atoms with van der Waals surface area (Å²) >= 11 is 5.61. The molecule has 3 rings (SSSR count). The highest BCUT2D eigenvalue weighted by atomic mass is 32.1. The van der Waals surface area contributed by atoms with Gasteiger partial charge in [0, 0.05) is 4.86 Å². The van der Waals surface area contributed by atoms with Crippen molar-refractivity contribution in [2.75, 3.05) is 0 Å². The Morgan fingerprint density at radius 3 is 2.78 bits per heavy atom. The maximum Gasteiger partial charge on any atom is 0.185 e. The third kappa shape index (κ3) is 3.54. The number of carbonyl (C=O) groups excluding carboxylic acids is 1. The lowest BCUT2D eigenvalue weighted by molar-refractivity contribution is 0.111. The number of hydrogen-bond acceptors (Lipinski definition) is 3. The Morgan fingerprint density at radius 1 is 1.26 bits per heavy atom. The number of hydrogen-bond donors (Lipinski definition) is 1. The third-order valence-corrected chi connectivity index (χ3v) is 4.39. The van der Waals surface area contributed by atoms with Gasteiger partial charge < -0.3 is 4.98 Å². The largest absolute Gasteiger partial charge is 0.336 e. The molecule has 0 spiro atoms. The van der Waals surface area contributed by atoms with Crippen LogP contribution in [0, 0.1) is 6.92 Å². The summed E-state index contributed by atoms with van der Waals surface area (Å²) < 4.78 is 0. The molecule has 3 aromatic rings. The lowest BCUT2D eigenvalue weighted by Crippen LogP contribution is -2.01. The predicted octanol–water partition coefficient (Wildman–Crippen LogP) is 4.42. The highest BCUT2D eigenvalue weighted by Gasteiger charge is 2.10. The van der Waals surface area contributed by atoms with Crippen molar-refractivity contribution >= 4 is 34.4 Å². The van der Waals surface area contributed by atoms with E-state index in [1.165, 1.54) is 5.56 Å². The van der Waals surface area contributed by atoms with E-state index in [-0.39, 0.29) is 0 Å². The van der Waals surface area contributed by atoms with Crippen LogP contribution in [0.25, 0.3) is 11.0 Å². The molecule has 2 aromatic carbocycles. The van der Waals surface area contributed by atoms with Crippen LogP contribution in [0.1, 0.15) is 40.2 Å². The number of benzene rings is 2. The van der Waals surface area contributed by atoms with Crippen LogP contribution in [0.4, 0.5) is 0 Å². The molecule has 0 amide bonds. The smallest absolute Gasteiger partial charge is 0.185 e. The number of nitrogens with zero attached hydrogens (tertiary/aromatic N) is 1. The number of fused-ring (bicyclic) bond motifs is 1. The summed E-state index contributed by atoms with van der Waals surface area (Å²) in [4.78, 5) is 19.0. The molecule has 116 valence electrons. The molecule has 1 aromatic heterocycles. The number of imidazole rings is 1. The van der Waals surface area contributed by atoms with Crippen LogP contribution < -0.4 is 0 Å². The Bertz CT molecular complexity index is 852. The van der Waals surface area contributed by atoms with Crippen LogP contribution in [-0.2, 0) is 6.42 Å². The van der Waals surface area contributed by atoms with Crippen LogP contribution in [0.5, 0.6) is 0 Å². The molecule has 0 aliphatic carbocycles. The van der Waals surface area contributed by atoms with Crippen molar-refractivity contribution in [3.8, 4) is 0 Å². The Balaban J connectivity index is 1.72. The van der Waals surface area contributed by atoms with E-state index in [0.717, 1.165) is 52.6 Å². The Morgan fingerprint density at radius 2 is 2.04 bits per heavy atom. The number of rotatable bonds is 6. The molecule has 0 fully saturated rings. The fourth-order valence-electron chi connectivity index (χ4n) is 2.77. The van der Waals surface area contributed by atoms with Gasteiger partial charge in [-0.2, -0.15) is 0 Å². The normalized spacial score (nSPS) is 10.8. The first-order chi connectivity index (χ1) is 11.2. The second-order valence-corrected chi connectivity index (χ2v) is 6.18. The summed E-state index contributed by atoms with van der Waals surface area (Å²) in [5.74, 6) is 0.353. The summed E-state index contributed by atoms with van der Waals surface area (Å²) in [6.45, 7) is 2.04. The molecule has 1 heterocycles. The van der Waals surface area contributed by atoms with Crippen molar-refractivity contribution < 1.29 is 4.79 Å². The lowest BCUT2D eigenvalue weighted by atomic mass is 9.99. The molecule has 1 N–H and O–H groups in total. The van der Waals surface area contributed by atoms with Gasteiger partial charge in [0.2, 0.25) is 0 Å². The summed E-state index contributed by atoms with van der Waals surface area (Å²) in [7, 11) is 0. The van der Waals surface area contributed by atoms with Crippen LogP contribution in [0.3, 0.4) is 0 Å². The van der Waals surface area contributed by atoms with Gasteiger partial charge in [-0.3, -0.25) is 4.79 Å². The zero-order valence-corrected chi connectivity index (χ0v) is 13.8. The molecular formula is C19H18N2OS. The summed E-state index contributed by atoms with van der Waals surface area (Å²) in [5.41, 5.74) is 5.18. The minimum atomic E-state index is 0.353. The van der Waals surface area contributed by atoms with E-state index < -0.39 is 0 Å². The van der Waals surface area contributed by atoms with Gasteiger partial charge in [-0.1, -0.05) is 42.5 Å². The predicted molar refractivity (Wildman–Crippen MR) is 97.3 cm³/mol. The van der Waals surface area contributed by atoms with Crippen molar-refractivity contribution in [1.82, 2.24) is 9.97 Å². The fraction of sp³-hybridized carbons (Fsp3) is 0.211. The van der Waals surface area contributed by atoms with Crippen LogP contribution >= 0.6 is 12.2 Å². The minimum absolute atomic E-state index is 0.353.